The van der Waals surface area contributed by atoms with Crippen LogP contribution < -0.4 is 5.32 Å². The summed E-state index contributed by atoms with van der Waals surface area (Å²) in [5.41, 5.74) is 5.59. The quantitative estimate of drug-likeness (QED) is 0.261. The standard InChI is InChI=1S/C29H23FN8O/c30-22-12-24-21(11-20(22)18-10-19(15-32-14-18)34-29(39)16-4-1-2-5-16)26(38-37-24)28-35-23-7-9-33-25(27(23)36-28)17-6-3-8-31-13-17/h3,6-16H,1-2,4-5H2,(H,34,39)(H,35,36)(H,37,38). The van der Waals surface area contributed by atoms with E-state index in [9.17, 15) is 4.79 Å². The fraction of sp³-hybridized carbons (Fsp3) is 0.172. The highest BCUT2D eigenvalue weighted by molar-refractivity contribution is 5.98. The van der Waals surface area contributed by atoms with Crippen LogP contribution in [-0.4, -0.2) is 41.0 Å². The summed E-state index contributed by atoms with van der Waals surface area (Å²) in [6, 6.07) is 10.5. The Balaban J connectivity index is 1.27. The molecule has 1 aliphatic rings. The summed E-state index contributed by atoms with van der Waals surface area (Å²) in [5.74, 6) is 0.117. The number of nitrogens with zero attached hydrogens (tertiary/aromatic N) is 5. The molecule has 6 aromatic rings. The Morgan fingerprint density at radius 2 is 1.82 bits per heavy atom. The van der Waals surface area contributed by atoms with Crippen LogP contribution in [0.1, 0.15) is 25.7 Å². The van der Waals surface area contributed by atoms with Crippen LogP contribution in [0.4, 0.5) is 10.1 Å². The zero-order valence-electron chi connectivity index (χ0n) is 20.8. The van der Waals surface area contributed by atoms with Gasteiger partial charge in [-0.3, -0.25) is 24.8 Å². The fourth-order valence-corrected chi connectivity index (χ4v) is 5.29. The summed E-state index contributed by atoms with van der Waals surface area (Å²) in [6.07, 6.45) is 12.3. The van der Waals surface area contributed by atoms with Gasteiger partial charge in [0.05, 0.1) is 28.6 Å². The van der Waals surface area contributed by atoms with E-state index in [-0.39, 0.29) is 11.8 Å². The SMILES string of the molecule is O=C(Nc1cncc(-c2cc3c(-c4nc5c(-c6cccnc6)nccc5[nH]4)n[nH]c3cc2F)c1)C1CCCC1. The summed E-state index contributed by atoms with van der Waals surface area (Å²) >= 11 is 0. The van der Waals surface area contributed by atoms with Gasteiger partial charge in [0.2, 0.25) is 5.91 Å². The fourth-order valence-electron chi connectivity index (χ4n) is 5.29. The van der Waals surface area contributed by atoms with E-state index < -0.39 is 5.82 Å². The van der Waals surface area contributed by atoms with Gasteiger partial charge < -0.3 is 10.3 Å². The number of benzene rings is 1. The monoisotopic (exact) mass is 518 g/mol. The third kappa shape index (κ3) is 4.19. The first-order valence-corrected chi connectivity index (χ1v) is 12.8. The first-order chi connectivity index (χ1) is 19.1. The first kappa shape index (κ1) is 23.2. The van der Waals surface area contributed by atoms with Crippen molar-refractivity contribution in [2.45, 2.75) is 25.7 Å². The lowest BCUT2D eigenvalue weighted by atomic mass is 10.0. The van der Waals surface area contributed by atoms with Gasteiger partial charge in [-0.05, 0) is 43.2 Å². The number of H-pyrrole nitrogens is 2. The molecule has 7 rings (SSSR count). The van der Waals surface area contributed by atoms with E-state index >= 15 is 4.39 Å². The molecular weight excluding hydrogens is 495 g/mol. The minimum absolute atomic E-state index is 0.00970. The average Bonchev–Trinajstić information content (AvgIpc) is 3.72. The lowest BCUT2D eigenvalue weighted by molar-refractivity contribution is -0.119. The van der Waals surface area contributed by atoms with Crippen LogP contribution in [0.5, 0.6) is 0 Å². The smallest absolute Gasteiger partial charge is 0.227 e. The van der Waals surface area contributed by atoms with Crippen LogP contribution in [0, 0.1) is 11.7 Å². The molecule has 0 unspecified atom stereocenters. The maximum Gasteiger partial charge on any atom is 0.227 e. The number of imidazole rings is 1. The highest BCUT2D eigenvalue weighted by Crippen LogP contribution is 2.34. The molecule has 1 aromatic carbocycles. The maximum absolute atomic E-state index is 15.3. The third-order valence-corrected chi connectivity index (χ3v) is 7.25. The molecule has 0 bridgehead atoms. The topological polar surface area (TPSA) is 125 Å². The predicted molar refractivity (Wildman–Crippen MR) is 146 cm³/mol. The molecule has 3 N–H and O–H groups in total. The van der Waals surface area contributed by atoms with E-state index in [0.29, 0.717) is 50.4 Å². The van der Waals surface area contributed by atoms with Gasteiger partial charge in [0, 0.05) is 58.8 Å². The first-order valence-electron chi connectivity index (χ1n) is 12.8. The number of aromatic amines is 2. The number of pyridine rings is 3. The number of carbonyl (C=O) groups is 1. The Bertz CT molecular complexity index is 1840. The normalized spacial score (nSPS) is 13.9. The van der Waals surface area contributed by atoms with E-state index in [0.717, 1.165) is 36.8 Å². The Morgan fingerprint density at radius 1 is 0.949 bits per heavy atom. The summed E-state index contributed by atoms with van der Waals surface area (Å²) in [5, 5.41) is 11.0. The molecule has 1 fully saturated rings. The zero-order valence-corrected chi connectivity index (χ0v) is 20.8. The van der Waals surface area contributed by atoms with Gasteiger partial charge in [0.25, 0.3) is 0 Å². The molecule has 1 saturated carbocycles. The van der Waals surface area contributed by atoms with Crippen molar-refractivity contribution in [3.8, 4) is 33.9 Å². The van der Waals surface area contributed by atoms with Crippen LogP contribution in [0.3, 0.4) is 0 Å². The molecule has 192 valence electrons. The van der Waals surface area contributed by atoms with Crippen molar-refractivity contribution >= 4 is 33.5 Å². The Labute approximate surface area is 222 Å². The maximum atomic E-state index is 15.3. The molecule has 39 heavy (non-hydrogen) atoms. The van der Waals surface area contributed by atoms with Gasteiger partial charge in [0.15, 0.2) is 5.82 Å². The van der Waals surface area contributed by atoms with E-state index in [1.54, 1.807) is 43.1 Å². The molecule has 10 heteroatoms. The summed E-state index contributed by atoms with van der Waals surface area (Å²) < 4.78 is 15.3. The molecular formula is C29H23FN8O. The summed E-state index contributed by atoms with van der Waals surface area (Å²) in [4.78, 5) is 33.7. The largest absolute Gasteiger partial charge is 0.336 e. The van der Waals surface area contributed by atoms with Crippen molar-refractivity contribution in [2.75, 3.05) is 5.32 Å². The Kier molecular flexibility index (Phi) is 5.58. The molecule has 1 amide bonds. The van der Waals surface area contributed by atoms with Crippen molar-refractivity contribution in [3.63, 3.8) is 0 Å². The molecule has 5 aromatic heterocycles. The van der Waals surface area contributed by atoms with E-state index in [4.69, 9.17) is 4.98 Å². The minimum Gasteiger partial charge on any atom is -0.336 e. The van der Waals surface area contributed by atoms with E-state index in [2.05, 4.69) is 35.5 Å². The van der Waals surface area contributed by atoms with Crippen molar-refractivity contribution < 1.29 is 9.18 Å². The number of hydrogen-bond donors (Lipinski definition) is 3. The van der Waals surface area contributed by atoms with Crippen molar-refractivity contribution in [3.05, 3.63) is 73.2 Å². The zero-order chi connectivity index (χ0) is 26.3. The highest BCUT2D eigenvalue weighted by Gasteiger charge is 2.23. The summed E-state index contributed by atoms with van der Waals surface area (Å²) in [6.45, 7) is 0. The van der Waals surface area contributed by atoms with Crippen LogP contribution in [0.25, 0.3) is 55.8 Å². The molecule has 0 aliphatic heterocycles. The van der Waals surface area contributed by atoms with Crippen molar-refractivity contribution in [1.29, 1.82) is 0 Å². The second kappa shape index (κ2) is 9.39. The predicted octanol–water partition coefficient (Wildman–Crippen LogP) is 5.89. The molecule has 9 nitrogen and oxygen atoms in total. The number of anilines is 1. The second-order valence-electron chi connectivity index (χ2n) is 9.77. The number of nitrogens with one attached hydrogen (secondary N) is 3. The van der Waals surface area contributed by atoms with Gasteiger partial charge in [-0.2, -0.15) is 5.10 Å². The van der Waals surface area contributed by atoms with E-state index in [1.807, 2.05) is 18.2 Å². The number of rotatable bonds is 5. The van der Waals surface area contributed by atoms with Gasteiger partial charge in [-0.1, -0.05) is 12.8 Å². The Morgan fingerprint density at radius 3 is 2.67 bits per heavy atom. The van der Waals surface area contributed by atoms with Crippen LogP contribution in [0.2, 0.25) is 0 Å². The van der Waals surface area contributed by atoms with Gasteiger partial charge in [0.1, 0.15) is 17.0 Å². The lowest BCUT2D eigenvalue weighted by Gasteiger charge is -2.11. The molecule has 0 atom stereocenters. The number of halogens is 1. The van der Waals surface area contributed by atoms with Gasteiger partial charge in [-0.15, -0.1) is 0 Å². The van der Waals surface area contributed by atoms with Crippen LogP contribution >= 0.6 is 0 Å². The number of amides is 1. The van der Waals surface area contributed by atoms with Crippen molar-refractivity contribution in [2.24, 2.45) is 5.92 Å². The van der Waals surface area contributed by atoms with Gasteiger partial charge >= 0.3 is 0 Å². The minimum atomic E-state index is -0.425. The number of aromatic nitrogens is 7. The second-order valence-corrected chi connectivity index (χ2v) is 9.77. The number of fused-ring (bicyclic) bond motifs is 2. The molecule has 1 aliphatic carbocycles. The number of hydrogen-bond acceptors (Lipinski definition) is 6. The molecule has 0 saturated heterocycles. The van der Waals surface area contributed by atoms with Crippen molar-refractivity contribution in [1.82, 2.24) is 35.1 Å². The average molecular weight is 519 g/mol. The molecule has 5 heterocycles. The molecule has 0 radical (unpaired) electrons. The summed E-state index contributed by atoms with van der Waals surface area (Å²) in [7, 11) is 0. The Hall–Kier alpha value is -4.99. The highest BCUT2D eigenvalue weighted by atomic mass is 19.1. The number of carbonyl (C=O) groups excluding carboxylic acids is 1. The van der Waals surface area contributed by atoms with Crippen LogP contribution in [0.15, 0.2) is 67.4 Å². The van der Waals surface area contributed by atoms with E-state index in [1.165, 1.54) is 6.07 Å². The van der Waals surface area contributed by atoms with Crippen LogP contribution in [-0.2, 0) is 4.79 Å². The third-order valence-electron chi connectivity index (χ3n) is 7.25. The molecule has 0 spiro atoms. The van der Waals surface area contributed by atoms with Gasteiger partial charge in [-0.25, -0.2) is 9.37 Å². The lowest BCUT2D eigenvalue weighted by Crippen LogP contribution is -2.20.